The third-order valence-corrected chi connectivity index (χ3v) is 4.43. The Balaban J connectivity index is 1.73. The van der Waals surface area contributed by atoms with E-state index < -0.39 is 0 Å². The van der Waals surface area contributed by atoms with Crippen molar-refractivity contribution >= 4 is 16.8 Å². The minimum absolute atomic E-state index is 0.110. The third-order valence-electron chi connectivity index (χ3n) is 4.43. The van der Waals surface area contributed by atoms with Crippen molar-refractivity contribution in [3.05, 3.63) is 114 Å². The molecule has 1 heterocycles. The van der Waals surface area contributed by atoms with Crippen molar-refractivity contribution < 1.29 is 4.79 Å². The van der Waals surface area contributed by atoms with Crippen LogP contribution in [0.3, 0.4) is 0 Å². The summed E-state index contributed by atoms with van der Waals surface area (Å²) in [5, 5.41) is 4.05. The number of nitrogens with zero attached hydrogens (tertiary/aromatic N) is 1. The van der Waals surface area contributed by atoms with Crippen molar-refractivity contribution in [1.29, 1.82) is 0 Å². The average Bonchev–Trinajstić information content (AvgIpc) is 2.72. The van der Waals surface area contributed by atoms with Gasteiger partial charge in [-0.2, -0.15) is 0 Å². The quantitative estimate of drug-likeness (QED) is 0.583. The number of carbonyl (C=O) groups excluding carboxylic acids is 1. The van der Waals surface area contributed by atoms with Gasteiger partial charge in [0.25, 0.3) is 5.91 Å². The smallest absolute Gasteiger partial charge is 0.252 e. The average molecular weight is 338 g/mol. The first kappa shape index (κ1) is 16.0. The summed E-state index contributed by atoms with van der Waals surface area (Å²) in [6, 6.07) is 29.2. The van der Waals surface area contributed by atoms with Crippen molar-refractivity contribution in [3.8, 4) is 0 Å². The molecule has 3 nitrogen and oxygen atoms in total. The molecule has 4 rings (SSSR count). The van der Waals surface area contributed by atoms with Crippen LogP contribution >= 0.6 is 0 Å². The van der Waals surface area contributed by atoms with E-state index in [9.17, 15) is 4.79 Å². The monoisotopic (exact) mass is 338 g/mol. The molecule has 26 heavy (non-hydrogen) atoms. The lowest BCUT2D eigenvalue weighted by atomic mass is 9.98. The fourth-order valence-corrected chi connectivity index (χ4v) is 3.16. The van der Waals surface area contributed by atoms with Crippen molar-refractivity contribution in [2.24, 2.45) is 0 Å². The van der Waals surface area contributed by atoms with Crippen LogP contribution in [0, 0.1) is 0 Å². The van der Waals surface area contributed by atoms with Crippen LogP contribution in [0.15, 0.2) is 97.2 Å². The predicted octanol–water partition coefficient (Wildman–Crippen LogP) is 4.75. The molecule has 0 spiro atoms. The molecule has 1 aromatic heterocycles. The van der Waals surface area contributed by atoms with Crippen molar-refractivity contribution in [2.45, 2.75) is 6.04 Å². The van der Waals surface area contributed by atoms with Crippen molar-refractivity contribution in [1.82, 2.24) is 10.3 Å². The largest absolute Gasteiger partial charge is 0.341 e. The van der Waals surface area contributed by atoms with Crippen LogP contribution in [-0.2, 0) is 0 Å². The predicted molar refractivity (Wildman–Crippen MR) is 104 cm³/mol. The van der Waals surface area contributed by atoms with Crippen LogP contribution in [0.5, 0.6) is 0 Å². The number of rotatable bonds is 4. The lowest BCUT2D eigenvalue weighted by Gasteiger charge is -2.20. The van der Waals surface area contributed by atoms with Crippen LogP contribution in [-0.4, -0.2) is 10.9 Å². The first-order valence-electron chi connectivity index (χ1n) is 8.57. The molecule has 1 amide bonds. The number of benzene rings is 3. The van der Waals surface area contributed by atoms with E-state index in [0.717, 1.165) is 22.0 Å². The molecule has 0 atom stereocenters. The van der Waals surface area contributed by atoms with E-state index in [4.69, 9.17) is 0 Å². The molecule has 0 fully saturated rings. The van der Waals surface area contributed by atoms with E-state index >= 15 is 0 Å². The van der Waals surface area contributed by atoms with Gasteiger partial charge in [-0.05, 0) is 29.3 Å². The molecule has 3 heteroatoms. The normalized spacial score (nSPS) is 10.8. The van der Waals surface area contributed by atoms with Gasteiger partial charge in [0.2, 0.25) is 0 Å². The summed E-state index contributed by atoms with van der Waals surface area (Å²) in [5.74, 6) is -0.110. The van der Waals surface area contributed by atoms with Gasteiger partial charge in [-0.25, -0.2) is 0 Å². The zero-order valence-corrected chi connectivity index (χ0v) is 14.2. The summed E-state index contributed by atoms with van der Waals surface area (Å²) >= 11 is 0. The molecule has 3 aromatic carbocycles. The van der Waals surface area contributed by atoms with Gasteiger partial charge in [-0.15, -0.1) is 0 Å². The van der Waals surface area contributed by atoms with Gasteiger partial charge in [0.15, 0.2) is 0 Å². The molecule has 0 unspecified atom stereocenters. The molecular weight excluding hydrogens is 320 g/mol. The van der Waals surface area contributed by atoms with Gasteiger partial charge in [0, 0.05) is 17.1 Å². The van der Waals surface area contributed by atoms with Crippen LogP contribution in [0.4, 0.5) is 0 Å². The molecule has 0 aliphatic carbocycles. The van der Waals surface area contributed by atoms with Gasteiger partial charge in [0.05, 0.1) is 11.6 Å². The van der Waals surface area contributed by atoms with E-state index in [1.807, 2.05) is 91.0 Å². The zero-order chi connectivity index (χ0) is 17.8. The highest BCUT2D eigenvalue weighted by Crippen LogP contribution is 2.23. The molecule has 126 valence electrons. The Labute approximate surface area is 152 Å². The summed E-state index contributed by atoms with van der Waals surface area (Å²) in [6.07, 6.45) is 1.74. The zero-order valence-electron chi connectivity index (χ0n) is 14.2. The molecule has 4 aromatic rings. The van der Waals surface area contributed by atoms with E-state index in [2.05, 4.69) is 10.3 Å². The van der Waals surface area contributed by atoms with Gasteiger partial charge in [-0.1, -0.05) is 72.8 Å². The minimum Gasteiger partial charge on any atom is -0.341 e. The van der Waals surface area contributed by atoms with Crippen LogP contribution in [0.2, 0.25) is 0 Å². The van der Waals surface area contributed by atoms with Crippen LogP contribution in [0.1, 0.15) is 27.5 Å². The summed E-state index contributed by atoms with van der Waals surface area (Å²) in [6.45, 7) is 0. The second-order valence-electron chi connectivity index (χ2n) is 6.10. The van der Waals surface area contributed by atoms with Crippen molar-refractivity contribution in [3.63, 3.8) is 0 Å². The third kappa shape index (κ3) is 3.20. The van der Waals surface area contributed by atoms with Gasteiger partial charge in [-0.3, -0.25) is 9.78 Å². The molecule has 1 N–H and O–H groups in total. The van der Waals surface area contributed by atoms with Gasteiger partial charge < -0.3 is 5.32 Å². The highest BCUT2D eigenvalue weighted by atomic mass is 16.1. The summed E-state index contributed by atoms with van der Waals surface area (Å²) in [7, 11) is 0. The van der Waals surface area contributed by atoms with E-state index in [-0.39, 0.29) is 11.9 Å². The number of amides is 1. The number of hydrogen-bond acceptors (Lipinski definition) is 2. The Morgan fingerprint density at radius 3 is 2.04 bits per heavy atom. The lowest BCUT2D eigenvalue weighted by Crippen LogP contribution is -2.29. The fourth-order valence-electron chi connectivity index (χ4n) is 3.16. The molecule has 0 bridgehead atoms. The first-order valence-corrected chi connectivity index (χ1v) is 8.57. The Kier molecular flexibility index (Phi) is 4.44. The standard InChI is InChI=1S/C23H18N2O/c26-23(20-13-7-15-21-19(20)14-8-16-24-21)25-22(17-9-3-1-4-10-17)18-11-5-2-6-12-18/h1-16,22H,(H,25,26). The summed E-state index contributed by atoms with van der Waals surface area (Å²) in [5.41, 5.74) is 3.54. The van der Waals surface area contributed by atoms with Gasteiger partial charge >= 0.3 is 0 Å². The Hall–Kier alpha value is -3.46. The maximum atomic E-state index is 13.1. The molecule has 0 aliphatic heterocycles. The van der Waals surface area contributed by atoms with Gasteiger partial charge in [0.1, 0.15) is 0 Å². The second kappa shape index (κ2) is 7.19. The Bertz CT molecular complexity index is 985. The van der Waals surface area contributed by atoms with Crippen molar-refractivity contribution in [2.75, 3.05) is 0 Å². The maximum Gasteiger partial charge on any atom is 0.252 e. The second-order valence-corrected chi connectivity index (χ2v) is 6.10. The summed E-state index contributed by atoms with van der Waals surface area (Å²) in [4.78, 5) is 17.4. The van der Waals surface area contributed by atoms with E-state index in [1.54, 1.807) is 6.20 Å². The number of pyridine rings is 1. The Morgan fingerprint density at radius 1 is 0.731 bits per heavy atom. The van der Waals surface area contributed by atoms with E-state index in [0.29, 0.717) is 5.56 Å². The number of hydrogen-bond donors (Lipinski definition) is 1. The number of carbonyl (C=O) groups is 1. The maximum absolute atomic E-state index is 13.1. The molecule has 0 aliphatic rings. The number of nitrogens with one attached hydrogen (secondary N) is 1. The lowest BCUT2D eigenvalue weighted by molar-refractivity contribution is 0.0944. The first-order chi connectivity index (χ1) is 12.8. The van der Waals surface area contributed by atoms with Crippen LogP contribution in [0.25, 0.3) is 10.9 Å². The van der Waals surface area contributed by atoms with Crippen LogP contribution < -0.4 is 5.32 Å². The molecule has 0 saturated carbocycles. The minimum atomic E-state index is -0.211. The molecular formula is C23H18N2O. The number of fused-ring (bicyclic) bond motifs is 1. The molecule has 0 radical (unpaired) electrons. The SMILES string of the molecule is O=C(NC(c1ccccc1)c1ccccc1)c1cccc2ncccc12. The summed E-state index contributed by atoms with van der Waals surface area (Å²) < 4.78 is 0. The number of aromatic nitrogens is 1. The fraction of sp³-hybridized carbons (Fsp3) is 0.0435. The highest BCUT2D eigenvalue weighted by Gasteiger charge is 2.18. The topological polar surface area (TPSA) is 42.0 Å². The highest BCUT2D eigenvalue weighted by molar-refractivity contribution is 6.06. The van der Waals surface area contributed by atoms with E-state index in [1.165, 1.54) is 0 Å². The Morgan fingerprint density at radius 2 is 1.38 bits per heavy atom. The molecule has 0 saturated heterocycles.